The van der Waals surface area contributed by atoms with Gasteiger partial charge in [-0.15, -0.1) is 0 Å². The summed E-state index contributed by atoms with van der Waals surface area (Å²) in [6, 6.07) is 1.30. The molecule has 0 bridgehead atoms. The summed E-state index contributed by atoms with van der Waals surface area (Å²) in [5.41, 5.74) is -0.115. The quantitative estimate of drug-likeness (QED) is 0.866. The number of ether oxygens (including phenoxy) is 1. The van der Waals surface area contributed by atoms with Crippen LogP contribution < -0.4 is 5.32 Å². The number of piperidine rings is 1. The molecular formula is C18H34N2O. The van der Waals surface area contributed by atoms with Crippen molar-refractivity contribution in [3.63, 3.8) is 0 Å². The topological polar surface area (TPSA) is 24.5 Å². The Labute approximate surface area is 130 Å². The van der Waals surface area contributed by atoms with E-state index in [1.807, 2.05) is 0 Å². The van der Waals surface area contributed by atoms with Crippen molar-refractivity contribution in [3.8, 4) is 0 Å². The molecule has 0 amide bonds. The third-order valence-corrected chi connectivity index (χ3v) is 6.42. The molecule has 122 valence electrons. The third-order valence-electron chi connectivity index (χ3n) is 6.42. The van der Waals surface area contributed by atoms with Crippen molar-refractivity contribution in [2.45, 2.75) is 83.1 Å². The van der Waals surface area contributed by atoms with Crippen LogP contribution in [0.15, 0.2) is 0 Å². The van der Waals surface area contributed by atoms with Crippen molar-refractivity contribution < 1.29 is 4.74 Å². The van der Waals surface area contributed by atoms with Gasteiger partial charge in [0, 0.05) is 24.5 Å². The lowest BCUT2D eigenvalue weighted by Crippen LogP contribution is -2.53. The molecule has 4 unspecified atom stereocenters. The van der Waals surface area contributed by atoms with E-state index in [9.17, 15) is 0 Å². The van der Waals surface area contributed by atoms with Crippen LogP contribution in [0.5, 0.6) is 0 Å². The second-order valence-electron chi connectivity index (χ2n) is 8.58. The number of fused-ring (bicyclic) bond motifs is 1. The highest BCUT2D eigenvalue weighted by Crippen LogP contribution is 2.44. The van der Waals surface area contributed by atoms with Crippen LogP contribution in [-0.2, 0) is 4.74 Å². The molecule has 3 aliphatic rings. The van der Waals surface area contributed by atoms with Gasteiger partial charge in [-0.05, 0) is 72.9 Å². The van der Waals surface area contributed by atoms with Gasteiger partial charge in [0.1, 0.15) is 0 Å². The average molecular weight is 294 g/mol. The number of likely N-dealkylation sites (N-methyl/N-ethyl adjacent to an activating group) is 1. The van der Waals surface area contributed by atoms with E-state index in [0.29, 0.717) is 12.0 Å². The molecule has 2 saturated heterocycles. The smallest absolute Gasteiger partial charge is 0.0790 e. The van der Waals surface area contributed by atoms with Gasteiger partial charge in [0.15, 0.2) is 0 Å². The van der Waals surface area contributed by atoms with Crippen LogP contribution in [0.2, 0.25) is 0 Å². The van der Waals surface area contributed by atoms with E-state index in [2.05, 4.69) is 45.0 Å². The predicted molar refractivity (Wildman–Crippen MR) is 87.5 cm³/mol. The Morgan fingerprint density at radius 1 is 1.05 bits per heavy atom. The number of hydrogen-bond acceptors (Lipinski definition) is 3. The minimum absolute atomic E-state index is 0.0390. The minimum Gasteiger partial charge on any atom is -0.368 e. The Morgan fingerprint density at radius 3 is 2.48 bits per heavy atom. The highest BCUT2D eigenvalue weighted by Gasteiger charge is 2.54. The van der Waals surface area contributed by atoms with Crippen LogP contribution in [0.4, 0.5) is 0 Å². The lowest BCUT2D eigenvalue weighted by Gasteiger charge is -2.42. The SMILES string of the molecule is CNC1C(CN2CCCC3CCCC32)C(C)(C)OC1(C)C. The van der Waals surface area contributed by atoms with Crippen molar-refractivity contribution >= 4 is 0 Å². The fraction of sp³-hybridized carbons (Fsp3) is 1.00. The van der Waals surface area contributed by atoms with Crippen molar-refractivity contribution in [3.05, 3.63) is 0 Å². The minimum atomic E-state index is -0.0756. The highest BCUT2D eigenvalue weighted by molar-refractivity contribution is 5.06. The first-order valence-electron chi connectivity index (χ1n) is 8.96. The lowest BCUT2D eigenvalue weighted by molar-refractivity contribution is -0.0810. The zero-order valence-corrected chi connectivity index (χ0v) is 14.6. The van der Waals surface area contributed by atoms with Crippen LogP contribution in [-0.4, -0.2) is 48.3 Å². The van der Waals surface area contributed by atoms with E-state index in [4.69, 9.17) is 4.74 Å². The summed E-state index contributed by atoms with van der Waals surface area (Å²) in [4.78, 5) is 2.81. The number of rotatable bonds is 3. The summed E-state index contributed by atoms with van der Waals surface area (Å²) in [6.45, 7) is 11.5. The van der Waals surface area contributed by atoms with Gasteiger partial charge in [0.2, 0.25) is 0 Å². The standard InChI is InChI=1S/C18H34N2O/c1-17(2)14(16(19-5)18(3,4)21-17)12-20-11-7-9-13-8-6-10-15(13)20/h13-16,19H,6-12H2,1-5H3. The van der Waals surface area contributed by atoms with Gasteiger partial charge in [0.25, 0.3) is 0 Å². The van der Waals surface area contributed by atoms with Gasteiger partial charge in [-0.1, -0.05) is 6.42 Å². The first-order valence-corrected chi connectivity index (χ1v) is 8.96. The summed E-state index contributed by atoms with van der Waals surface area (Å²) < 4.78 is 6.42. The molecular weight excluding hydrogens is 260 g/mol. The molecule has 0 aromatic rings. The van der Waals surface area contributed by atoms with Crippen molar-refractivity contribution in [2.75, 3.05) is 20.1 Å². The molecule has 2 heterocycles. The lowest BCUT2D eigenvalue weighted by atomic mass is 9.81. The fourth-order valence-corrected chi connectivity index (χ4v) is 5.61. The molecule has 0 aromatic heterocycles. The number of nitrogens with zero attached hydrogens (tertiary/aromatic N) is 1. The zero-order valence-electron chi connectivity index (χ0n) is 14.6. The summed E-state index contributed by atoms with van der Waals surface area (Å²) in [5, 5.41) is 3.56. The third kappa shape index (κ3) is 2.77. The maximum atomic E-state index is 6.42. The summed E-state index contributed by atoms with van der Waals surface area (Å²) in [6.07, 6.45) is 7.19. The second-order valence-corrected chi connectivity index (χ2v) is 8.58. The van der Waals surface area contributed by atoms with Crippen molar-refractivity contribution in [1.82, 2.24) is 10.2 Å². The molecule has 3 fully saturated rings. The van der Waals surface area contributed by atoms with E-state index in [-0.39, 0.29) is 11.2 Å². The number of likely N-dealkylation sites (tertiary alicyclic amines) is 1. The molecule has 21 heavy (non-hydrogen) atoms. The molecule has 2 aliphatic heterocycles. The normalized spacial score (nSPS) is 42.1. The maximum Gasteiger partial charge on any atom is 0.0790 e. The monoisotopic (exact) mass is 294 g/mol. The Bertz CT molecular complexity index is 379. The Hall–Kier alpha value is -0.120. The molecule has 0 aromatic carbocycles. The van der Waals surface area contributed by atoms with E-state index in [1.54, 1.807) is 0 Å². The van der Waals surface area contributed by atoms with Crippen molar-refractivity contribution in [2.24, 2.45) is 11.8 Å². The highest BCUT2D eigenvalue weighted by atomic mass is 16.5. The van der Waals surface area contributed by atoms with Crippen LogP contribution >= 0.6 is 0 Å². The van der Waals surface area contributed by atoms with Crippen molar-refractivity contribution in [1.29, 1.82) is 0 Å². The molecule has 4 atom stereocenters. The molecule has 3 nitrogen and oxygen atoms in total. The van der Waals surface area contributed by atoms with Crippen LogP contribution in [0.25, 0.3) is 0 Å². The van der Waals surface area contributed by atoms with Crippen LogP contribution in [0, 0.1) is 11.8 Å². The molecule has 3 heteroatoms. The number of hydrogen-bond donors (Lipinski definition) is 1. The summed E-state index contributed by atoms with van der Waals surface area (Å²) in [5.74, 6) is 1.54. The first-order chi connectivity index (χ1) is 9.85. The van der Waals surface area contributed by atoms with E-state index < -0.39 is 0 Å². The summed E-state index contributed by atoms with van der Waals surface area (Å²) in [7, 11) is 2.10. The second kappa shape index (κ2) is 5.50. The Kier molecular flexibility index (Phi) is 4.13. The predicted octanol–water partition coefficient (Wildman–Crippen LogP) is 3.04. The summed E-state index contributed by atoms with van der Waals surface area (Å²) >= 11 is 0. The van der Waals surface area contributed by atoms with Gasteiger partial charge in [-0.25, -0.2) is 0 Å². The molecule has 1 N–H and O–H groups in total. The van der Waals surface area contributed by atoms with Gasteiger partial charge >= 0.3 is 0 Å². The number of nitrogens with one attached hydrogen (secondary N) is 1. The Morgan fingerprint density at radius 2 is 1.76 bits per heavy atom. The molecule has 1 saturated carbocycles. The average Bonchev–Trinajstić information content (AvgIpc) is 2.91. The van der Waals surface area contributed by atoms with Crippen LogP contribution in [0.3, 0.4) is 0 Å². The van der Waals surface area contributed by atoms with Gasteiger partial charge in [-0.2, -0.15) is 0 Å². The van der Waals surface area contributed by atoms with E-state index in [1.165, 1.54) is 45.2 Å². The molecule has 0 radical (unpaired) electrons. The Balaban J connectivity index is 1.76. The maximum absolute atomic E-state index is 6.42. The van der Waals surface area contributed by atoms with Crippen LogP contribution in [0.1, 0.15) is 59.8 Å². The molecule has 3 rings (SSSR count). The fourth-order valence-electron chi connectivity index (χ4n) is 5.61. The van der Waals surface area contributed by atoms with E-state index >= 15 is 0 Å². The largest absolute Gasteiger partial charge is 0.368 e. The zero-order chi connectivity index (χ0) is 15.3. The molecule has 1 aliphatic carbocycles. The van der Waals surface area contributed by atoms with E-state index in [0.717, 1.165) is 12.0 Å². The van der Waals surface area contributed by atoms with Gasteiger partial charge in [0.05, 0.1) is 11.2 Å². The van der Waals surface area contributed by atoms with Gasteiger partial charge < -0.3 is 10.1 Å². The first kappa shape index (κ1) is 15.8. The molecule has 0 spiro atoms. The van der Waals surface area contributed by atoms with Gasteiger partial charge in [-0.3, -0.25) is 4.90 Å².